The van der Waals surface area contributed by atoms with Gasteiger partial charge < -0.3 is 14.8 Å². The molecule has 0 aliphatic carbocycles. The monoisotopic (exact) mass is 380 g/mol. The van der Waals surface area contributed by atoms with Crippen LogP contribution in [0.2, 0.25) is 0 Å². The maximum absolute atomic E-state index is 13.9. The van der Waals surface area contributed by atoms with Gasteiger partial charge in [0.25, 0.3) is 0 Å². The van der Waals surface area contributed by atoms with Crippen LogP contribution in [0.5, 0.6) is 5.75 Å². The van der Waals surface area contributed by atoms with Gasteiger partial charge in [-0.25, -0.2) is 0 Å². The Morgan fingerprint density at radius 1 is 0.704 bits per heavy atom. The minimum atomic E-state index is -2.99. The number of para-hydroxylation sites is 1. The molecular formula is C23H25O3P. The molecule has 3 rings (SSSR count). The molecule has 0 aliphatic heterocycles. The maximum atomic E-state index is 13.9. The van der Waals surface area contributed by atoms with Gasteiger partial charge in [-0.15, -0.1) is 0 Å². The highest BCUT2D eigenvalue weighted by Gasteiger charge is 2.33. The molecule has 0 radical (unpaired) electrons. The summed E-state index contributed by atoms with van der Waals surface area (Å²) in [4.78, 5) is 0. The zero-order valence-electron chi connectivity index (χ0n) is 15.2. The molecule has 3 aromatic rings. The smallest absolute Gasteiger partial charge is 0.135 e. The molecule has 27 heavy (non-hydrogen) atoms. The fourth-order valence-corrected chi connectivity index (χ4v) is 5.95. The number of phenols is 1. The summed E-state index contributed by atoms with van der Waals surface area (Å²) in [7, 11) is -2.99. The topological polar surface area (TPSA) is 57.5 Å². The van der Waals surface area contributed by atoms with Crippen LogP contribution < -0.4 is 0 Å². The van der Waals surface area contributed by atoms with Crippen LogP contribution in [0.25, 0.3) is 0 Å². The third-order valence-corrected chi connectivity index (χ3v) is 8.04. The maximum Gasteiger partial charge on any atom is 0.135 e. The van der Waals surface area contributed by atoms with E-state index in [-0.39, 0.29) is 5.75 Å². The van der Waals surface area contributed by atoms with E-state index in [9.17, 15) is 14.8 Å². The largest absolute Gasteiger partial charge is 0.508 e. The fourth-order valence-electron chi connectivity index (χ4n) is 3.24. The van der Waals surface area contributed by atoms with E-state index in [1.165, 1.54) is 6.07 Å². The van der Waals surface area contributed by atoms with E-state index in [2.05, 4.69) is 0 Å². The number of phenolic OH excluding ortho intramolecular Hbond substituents is 1. The van der Waals surface area contributed by atoms with Crippen LogP contribution >= 0.6 is 7.14 Å². The van der Waals surface area contributed by atoms with E-state index in [1.54, 1.807) is 18.2 Å². The lowest BCUT2D eigenvalue weighted by molar-refractivity contribution is 0.247. The summed E-state index contributed by atoms with van der Waals surface area (Å²) in [5.74, 6) is -1.17. The SMILES string of the molecule is O=P(CCc1ccccc1)(CCc1ccccc1)C(O)c1ccccc1O. The van der Waals surface area contributed by atoms with Gasteiger partial charge in [0.05, 0.1) is 0 Å². The molecule has 2 N–H and O–H groups in total. The van der Waals surface area contributed by atoms with Crippen molar-refractivity contribution in [1.29, 1.82) is 0 Å². The average molecular weight is 380 g/mol. The quantitative estimate of drug-likeness (QED) is 0.526. The molecule has 0 saturated heterocycles. The van der Waals surface area contributed by atoms with Crippen molar-refractivity contribution in [3.05, 3.63) is 102 Å². The molecule has 1 atom stereocenters. The first-order chi connectivity index (χ1) is 13.1. The van der Waals surface area contributed by atoms with Crippen molar-refractivity contribution in [2.75, 3.05) is 12.3 Å². The second-order valence-corrected chi connectivity index (χ2v) is 10.1. The minimum Gasteiger partial charge on any atom is -0.508 e. The Balaban J connectivity index is 1.82. The molecular weight excluding hydrogens is 355 g/mol. The highest BCUT2D eigenvalue weighted by Crippen LogP contribution is 2.59. The van der Waals surface area contributed by atoms with Crippen molar-refractivity contribution in [3.8, 4) is 5.75 Å². The average Bonchev–Trinajstić information content (AvgIpc) is 2.72. The first kappa shape index (κ1) is 19.4. The number of benzene rings is 3. The van der Waals surface area contributed by atoms with Gasteiger partial charge in [-0.1, -0.05) is 78.9 Å². The van der Waals surface area contributed by atoms with E-state index < -0.39 is 13.0 Å². The Morgan fingerprint density at radius 2 is 1.15 bits per heavy atom. The van der Waals surface area contributed by atoms with Gasteiger partial charge in [0.15, 0.2) is 0 Å². The van der Waals surface area contributed by atoms with Gasteiger partial charge in [0.2, 0.25) is 0 Å². The van der Waals surface area contributed by atoms with Crippen LogP contribution in [0.4, 0.5) is 0 Å². The predicted molar refractivity (Wildman–Crippen MR) is 111 cm³/mol. The molecule has 3 nitrogen and oxygen atoms in total. The summed E-state index contributed by atoms with van der Waals surface area (Å²) in [5, 5.41) is 21.1. The van der Waals surface area contributed by atoms with E-state index in [0.717, 1.165) is 11.1 Å². The highest BCUT2D eigenvalue weighted by molar-refractivity contribution is 7.64. The van der Waals surface area contributed by atoms with Gasteiger partial charge in [-0.05, 0) is 30.0 Å². The normalized spacial score (nSPS) is 12.6. The van der Waals surface area contributed by atoms with Crippen molar-refractivity contribution >= 4 is 7.14 Å². The lowest BCUT2D eigenvalue weighted by Crippen LogP contribution is -2.10. The third kappa shape index (κ3) is 5.09. The first-order valence-electron chi connectivity index (χ1n) is 9.20. The number of aryl methyl sites for hydroxylation is 2. The second-order valence-electron chi connectivity index (χ2n) is 6.80. The van der Waals surface area contributed by atoms with Crippen molar-refractivity contribution in [2.45, 2.75) is 18.7 Å². The van der Waals surface area contributed by atoms with Gasteiger partial charge >= 0.3 is 0 Å². The molecule has 0 bridgehead atoms. The Morgan fingerprint density at radius 3 is 1.63 bits per heavy atom. The molecule has 0 fully saturated rings. The molecule has 0 saturated carbocycles. The van der Waals surface area contributed by atoms with Crippen LogP contribution in [-0.2, 0) is 17.4 Å². The molecule has 0 aliphatic rings. The summed E-state index contributed by atoms with van der Waals surface area (Å²) in [6.07, 6.45) is 2.08. The lowest BCUT2D eigenvalue weighted by Gasteiger charge is -2.25. The molecule has 3 aromatic carbocycles. The number of hydrogen-bond donors (Lipinski definition) is 2. The predicted octanol–water partition coefficient (Wildman–Crippen LogP) is 5.23. The van der Waals surface area contributed by atoms with Crippen LogP contribution in [0.3, 0.4) is 0 Å². The third-order valence-electron chi connectivity index (χ3n) is 4.90. The van der Waals surface area contributed by atoms with E-state index >= 15 is 0 Å². The second kappa shape index (κ2) is 9.03. The Labute approximate surface area is 160 Å². The van der Waals surface area contributed by atoms with E-state index in [4.69, 9.17) is 0 Å². The van der Waals surface area contributed by atoms with Gasteiger partial charge in [-0.2, -0.15) is 0 Å². The summed E-state index contributed by atoms with van der Waals surface area (Å²) in [5.41, 5.74) is 2.55. The zero-order valence-corrected chi connectivity index (χ0v) is 16.1. The van der Waals surface area contributed by atoms with Crippen LogP contribution in [0.15, 0.2) is 84.9 Å². The van der Waals surface area contributed by atoms with E-state index in [0.29, 0.717) is 30.7 Å². The van der Waals surface area contributed by atoms with Gasteiger partial charge in [0, 0.05) is 17.9 Å². The molecule has 0 heterocycles. The molecule has 0 amide bonds. The Hall–Kier alpha value is -2.35. The molecule has 140 valence electrons. The summed E-state index contributed by atoms with van der Waals surface area (Å²) in [6.45, 7) is 0. The number of rotatable bonds is 8. The standard InChI is InChI=1S/C23H25O3P/c24-22-14-8-7-13-21(22)23(25)27(26,17-15-19-9-3-1-4-10-19)18-16-20-11-5-2-6-12-20/h1-14,23-25H,15-18H2. The van der Waals surface area contributed by atoms with Crippen LogP contribution in [0.1, 0.15) is 22.5 Å². The van der Waals surface area contributed by atoms with Crippen molar-refractivity contribution in [1.82, 2.24) is 0 Å². The van der Waals surface area contributed by atoms with Gasteiger partial charge in [-0.3, -0.25) is 0 Å². The molecule has 4 heteroatoms. The molecule has 0 aromatic heterocycles. The minimum absolute atomic E-state index is 0.00959. The zero-order chi connectivity index (χ0) is 19.1. The Kier molecular flexibility index (Phi) is 6.49. The van der Waals surface area contributed by atoms with Crippen molar-refractivity contribution < 1.29 is 14.8 Å². The fraction of sp³-hybridized carbons (Fsp3) is 0.217. The van der Waals surface area contributed by atoms with Gasteiger partial charge in [0.1, 0.15) is 18.7 Å². The first-order valence-corrected chi connectivity index (χ1v) is 11.3. The summed E-state index contributed by atoms with van der Waals surface area (Å²) < 4.78 is 13.9. The number of aliphatic hydroxyl groups is 1. The van der Waals surface area contributed by atoms with E-state index in [1.807, 2.05) is 60.7 Å². The summed E-state index contributed by atoms with van der Waals surface area (Å²) >= 11 is 0. The highest BCUT2D eigenvalue weighted by atomic mass is 31.2. The number of hydrogen-bond acceptors (Lipinski definition) is 3. The lowest BCUT2D eigenvalue weighted by atomic mass is 10.2. The number of aromatic hydroxyl groups is 1. The summed E-state index contributed by atoms with van der Waals surface area (Å²) in [6, 6.07) is 26.4. The number of aliphatic hydroxyl groups excluding tert-OH is 1. The van der Waals surface area contributed by atoms with Crippen LogP contribution in [-0.4, -0.2) is 22.5 Å². The Bertz CT molecular complexity index is 846. The molecule has 1 unspecified atom stereocenters. The van der Waals surface area contributed by atoms with Crippen molar-refractivity contribution in [3.63, 3.8) is 0 Å². The van der Waals surface area contributed by atoms with Crippen LogP contribution in [0, 0.1) is 0 Å². The molecule has 0 spiro atoms. The van der Waals surface area contributed by atoms with Crippen molar-refractivity contribution in [2.24, 2.45) is 0 Å².